The molecule has 96 valence electrons. The number of carbonyl (C=O) groups is 1. The standard InChI is InChI=1S/C14H12N2O2S/c1-10-6-9-19-13(10)14(17)16-11-2-4-12(5-3-11)18-8-7-15/h2-6,9H,8H2,1H3,(H,16,17). The van der Waals surface area contributed by atoms with Crippen molar-refractivity contribution in [2.45, 2.75) is 6.92 Å². The lowest BCUT2D eigenvalue weighted by Gasteiger charge is -2.06. The van der Waals surface area contributed by atoms with Crippen LogP contribution < -0.4 is 10.1 Å². The topological polar surface area (TPSA) is 62.1 Å². The molecule has 1 N–H and O–H groups in total. The van der Waals surface area contributed by atoms with Crippen molar-refractivity contribution in [2.75, 3.05) is 11.9 Å². The zero-order valence-electron chi connectivity index (χ0n) is 10.3. The second-order valence-corrected chi connectivity index (χ2v) is 4.77. The van der Waals surface area contributed by atoms with Gasteiger partial charge in [0.1, 0.15) is 11.8 Å². The van der Waals surface area contributed by atoms with Crippen molar-refractivity contribution >= 4 is 22.9 Å². The third kappa shape index (κ3) is 3.33. The second kappa shape index (κ2) is 6.03. The van der Waals surface area contributed by atoms with E-state index in [0.717, 1.165) is 5.56 Å². The minimum absolute atomic E-state index is 0.0140. The normalized spacial score (nSPS) is 9.68. The highest BCUT2D eigenvalue weighted by atomic mass is 32.1. The Morgan fingerprint density at radius 1 is 1.37 bits per heavy atom. The van der Waals surface area contributed by atoms with Crippen LogP contribution in [0.5, 0.6) is 5.75 Å². The quantitative estimate of drug-likeness (QED) is 0.929. The first kappa shape index (κ1) is 13.1. The Morgan fingerprint density at radius 3 is 2.68 bits per heavy atom. The number of ether oxygens (including phenoxy) is 1. The summed E-state index contributed by atoms with van der Waals surface area (Å²) in [6.07, 6.45) is 0. The number of nitriles is 1. The van der Waals surface area contributed by atoms with E-state index < -0.39 is 0 Å². The van der Waals surface area contributed by atoms with E-state index in [-0.39, 0.29) is 12.5 Å². The minimum Gasteiger partial charge on any atom is -0.479 e. The molecule has 0 atom stereocenters. The number of anilines is 1. The van der Waals surface area contributed by atoms with E-state index in [1.807, 2.05) is 24.4 Å². The SMILES string of the molecule is Cc1ccsc1C(=O)Nc1ccc(OCC#N)cc1. The zero-order valence-corrected chi connectivity index (χ0v) is 11.2. The van der Waals surface area contributed by atoms with E-state index >= 15 is 0 Å². The van der Waals surface area contributed by atoms with Gasteiger partial charge in [0.25, 0.3) is 5.91 Å². The van der Waals surface area contributed by atoms with Crippen LogP contribution in [0.15, 0.2) is 35.7 Å². The molecule has 1 heterocycles. The van der Waals surface area contributed by atoms with Gasteiger partial charge in [-0.05, 0) is 48.2 Å². The van der Waals surface area contributed by atoms with Gasteiger partial charge in [0, 0.05) is 5.69 Å². The van der Waals surface area contributed by atoms with Crippen LogP contribution in [0.2, 0.25) is 0 Å². The van der Waals surface area contributed by atoms with Gasteiger partial charge in [-0.25, -0.2) is 0 Å². The number of rotatable bonds is 4. The van der Waals surface area contributed by atoms with Gasteiger partial charge in [0.05, 0.1) is 4.88 Å². The maximum Gasteiger partial charge on any atom is 0.265 e. The summed E-state index contributed by atoms with van der Waals surface area (Å²) in [6.45, 7) is 1.92. The van der Waals surface area contributed by atoms with Crippen LogP contribution in [0.3, 0.4) is 0 Å². The van der Waals surface area contributed by atoms with Gasteiger partial charge >= 0.3 is 0 Å². The third-order valence-corrected chi connectivity index (χ3v) is 3.50. The number of amides is 1. The summed E-state index contributed by atoms with van der Waals surface area (Å²) in [4.78, 5) is 12.7. The Hall–Kier alpha value is -2.32. The molecule has 0 fully saturated rings. The van der Waals surface area contributed by atoms with Gasteiger partial charge in [-0.15, -0.1) is 11.3 Å². The van der Waals surface area contributed by atoms with Gasteiger partial charge in [0.2, 0.25) is 0 Å². The molecule has 1 amide bonds. The molecule has 0 aliphatic heterocycles. The van der Waals surface area contributed by atoms with Crippen molar-refractivity contribution in [3.8, 4) is 11.8 Å². The molecular weight excluding hydrogens is 260 g/mol. The highest BCUT2D eigenvalue weighted by Gasteiger charge is 2.10. The summed E-state index contributed by atoms with van der Waals surface area (Å²) in [5.41, 5.74) is 1.67. The molecule has 0 saturated heterocycles. The van der Waals surface area contributed by atoms with Crippen molar-refractivity contribution in [1.29, 1.82) is 5.26 Å². The first-order valence-corrected chi connectivity index (χ1v) is 6.54. The fourth-order valence-electron chi connectivity index (χ4n) is 1.54. The highest BCUT2D eigenvalue weighted by Crippen LogP contribution is 2.19. The number of thiophene rings is 1. The van der Waals surface area contributed by atoms with Crippen molar-refractivity contribution in [2.24, 2.45) is 0 Å². The number of hydrogen-bond acceptors (Lipinski definition) is 4. The molecule has 0 unspecified atom stereocenters. The molecule has 0 spiro atoms. The predicted octanol–water partition coefficient (Wildman–Crippen LogP) is 3.21. The number of nitrogens with one attached hydrogen (secondary N) is 1. The molecule has 1 aromatic heterocycles. The zero-order chi connectivity index (χ0) is 13.7. The summed E-state index contributed by atoms with van der Waals surface area (Å²) in [5.74, 6) is 0.491. The number of nitrogens with zero attached hydrogens (tertiary/aromatic N) is 1. The van der Waals surface area contributed by atoms with Crippen LogP contribution in [0, 0.1) is 18.3 Å². The Labute approximate surface area is 115 Å². The van der Waals surface area contributed by atoms with E-state index in [9.17, 15) is 4.79 Å². The van der Waals surface area contributed by atoms with Crippen LogP contribution >= 0.6 is 11.3 Å². The van der Waals surface area contributed by atoms with Crippen LogP contribution in [0.25, 0.3) is 0 Å². The minimum atomic E-state index is -0.113. The Bertz CT molecular complexity index is 611. The molecule has 2 aromatic rings. The van der Waals surface area contributed by atoms with Crippen molar-refractivity contribution in [3.63, 3.8) is 0 Å². The summed E-state index contributed by atoms with van der Waals surface area (Å²) < 4.78 is 5.13. The van der Waals surface area contributed by atoms with Gasteiger partial charge in [0.15, 0.2) is 6.61 Å². The molecule has 0 aliphatic carbocycles. The van der Waals surface area contributed by atoms with E-state index in [0.29, 0.717) is 16.3 Å². The number of benzene rings is 1. The maximum atomic E-state index is 12.0. The highest BCUT2D eigenvalue weighted by molar-refractivity contribution is 7.12. The molecular formula is C14H12N2O2S. The van der Waals surface area contributed by atoms with Crippen LogP contribution in [-0.2, 0) is 0 Å². The van der Waals surface area contributed by atoms with E-state index in [1.165, 1.54) is 11.3 Å². The van der Waals surface area contributed by atoms with Crippen molar-refractivity contribution < 1.29 is 9.53 Å². The Balaban J connectivity index is 2.02. The van der Waals surface area contributed by atoms with Gasteiger partial charge in [-0.1, -0.05) is 0 Å². The first-order valence-electron chi connectivity index (χ1n) is 5.66. The molecule has 4 nitrogen and oxygen atoms in total. The average Bonchev–Trinajstić information content (AvgIpc) is 2.84. The number of carbonyl (C=O) groups excluding carboxylic acids is 1. The summed E-state index contributed by atoms with van der Waals surface area (Å²) in [6, 6.07) is 10.7. The molecule has 0 radical (unpaired) electrons. The summed E-state index contributed by atoms with van der Waals surface area (Å²) in [5, 5.41) is 13.1. The fourth-order valence-corrected chi connectivity index (χ4v) is 2.36. The van der Waals surface area contributed by atoms with E-state index in [1.54, 1.807) is 24.3 Å². The fraction of sp³-hybridized carbons (Fsp3) is 0.143. The largest absolute Gasteiger partial charge is 0.479 e. The summed E-state index contributed by atoms with van der Waals surface area (Å²) in [7, 11) is 0. The molecule has 0 aliphatic rings. The van der Waals surface area contributed by atoms with Crippen LogP contribution in [-0.4, -0.2) is 12.5 Å². The lowest BCUT2D eigenvalue weighted by molar-refractivity contribution is 0.103. The maximum absolute atomic E-state index is 12.0. The molecule has 2 rings (SSSR count). The van der Waals surface area contributed by atoms with Gasteiger partial charge in [-0.3, -0.25) is 4.79 Å². The van der Waals surface area contributed by atoms with Gasteiger partial charge in [-0.2, -0.15) is 5.26 Å². The third-order valence-electron chi connectivity index (χ3n) is 2.48. The Morgan fingerprint density at radius 2 is 2.11 bits per heavy atom. The summed E-state index contributed by atoms with van der Waals surface area (Å²) >= 11 is 1.42. The lowest BCUT2D eigenvalue weighted by atomic mass is 10.2. The smallest absolute Gasteiger partial charge is 0.265 e. The molecule has 0 bridgehead atoms. The average molecular weight is 272 g/mol. The number of hydrogen-bond donors (Lipinski definition) is 1. The Kier molecular flexibility index (Phi) is 4.16. The molecule has 19 heavy (non-hydrogen) atoms. The van der Waals surface area contributed by atoms with E-state index in [4.69, 9.17) is 10.00 Å². The molecule has 5 heteroatoms. The molecule has 0 saturated carbocycles. The predicted molar refractivity (Wildman–Crippen MR) is 74.6 cm³/mol. The second-order valence-electron chi connectivity index (χ2n) is 3.86. The number of aryl methyl sites for hydroxylation is 1. The van der Waals surface area contributed by atoms with Gasteiger partial charge < -0.3 is 10.1 Å². The lowest BCUT2D eigenvalue weighted by Crippen LogP contribution is -2.11. The van der Waals surface area contributed by atoms with Crippen molar-refractivity contribution in [3.05, 3.63) is 46.2 Å². The van der Waals surface area contributed by atoms with Crippen LogP contribution in [0.4, 0.5) is 5.69 Å². The van der Waals surface area contributed by atoms with Crippen LogP contribution in [0.1, 0.15) is 15.2 Å². The van der Waals surface area contributed by atoms with E-state index in [2.05, 4.69) is 5.32 Å². The van der Waals surface area contributed by atoms with Crippen molar-refractivity contribution in [1.82, 2.24) is 0 Å². The molecule has 1 aromatic carbocycles. The monoisotopic (exact) mass is 272 g/mol. The first-order chi connectivity index (χ1) is 9.20.